The van der Waals surface area contributed by atoms with Crippen molar-refractivity contribution in [2.45, 2.75) is 0 Å². The predicted octanol–water partition coefficient (Wildman–Crippen LogP) is 3.22. The van der Waals surface area contributed by atoms with E-state index in [-0.39, 0.29) is 0 Å². The van der Waals surface area contributed by atoms with Gasteiger partial charge in [0.25, 0.3) is 0 Å². The highest BCUT2D eigenvalue weighted by atomic mass is 35.5. The lowest BCUT2D eigenvalue weighted by molar-refractivity contribution is 0.881. The number of nitrogens with zero attached hydrogens (tertiary/aromatic N) is 2. The Kier molecular flexibility index (Phi) is 2.84. The zero-order valence-electron chi connectivity index (χ0n) is 8.04. The first kappa shape index (κ1) is 10.3. The molecule has 3 nitrogen and oxygen atoms in total. The van der Waals surface area contributed by atoms with E-state index in [0.29, 0.717) is 10.0 Å². The molecule has 0 fully saturated rings. The summed E-state index contributed by atoms with van der Waals surface area (Å²) >= 11 is 11.8. The molecule has 0 amide bonds. The van der Waals surface area contributed by atoms with Crippen molar-refractivity contribution in [2.24, 2.45) is 0 Å². The van der Waals surface area contributed by atoms with E-state index in [4.69, 9.17) is 23.2 Å². The van der Waals surface area contributed by atoms with Crippen LogP contribution >= 0.6 is 23.2 Å². The fraction of sp³-hybridized carbons (Fsp3) is 0.100. The predicted molar refractivity (Wildman–Crippen MR) is 63.1 cm³/mol. The Labute approximate surface area is 97.6 Å². The Morgan fingerprint density at radius 1 is 1.20 bits per heavy atom. The maximum Gasteiger partial charge on any atom is 0.0728 e. The highest BCUT2D eigenvalue weighted by Gasteiger charge is 2.02. The number of nitrogens with one attached hydrogen (secondary N) is 1. The number of rotatable bonds is 2. The summed E-state index contributed by atoms with van der Waals surface area (Å²) in [7, 11) is 1.84. The summed E-state index contributed by atoms with van der Waals surface area (Å²) in [4.78, 5) is 0. The van der Waals surface area contributed by atoms with Gasteiger partial charge < -0.3 is 5.32 Å². The Hall–Kier alpha value is -1.19. The summed E-state index contributed by atoms with van der Waals surface area (Å²) in [6, 6.07) is 5.30. The van der Waals surface area contributed by atoms with Crippen LogP contribution in [-0.4, -0.2) is 16.8 Å². The van der Waals surface area contributed by atoms with Crippen molar-refractivity contribution in [1.82, 2.24) is 9.78 Å². The van der Waals surface area contributed by atoms with Crippen LogP contribution in [0.15, 0.2) is 30.6 Å². The van der Waals surface area contributed by atoms with Crippen molar-refractivity contribution < 1.29 is 0 Å². The van der Waals surface area contributed by atoms with E-state index >= 15 is 0 Å². The second kappa shape index (κ2) is 4.13. The van der Waals surface area contributed by atoms with Crippen LogP contribution in [0, 0.1) is 0 Å². The Balaban J connectivity index is 2.44. The smallest absolute Gasteiger partial charge is 0.0728 e. The molecule has 0 radical (unpaired) electrons. The number of hydrogen-bond donors (Lipinski definition) is 1. The second-order valence-corrected chi connectivity index (χ2v) is 3.92. The summed E-state index contributed by atoms with van der Waals surface area (Å²) < 4.78 is 1.71. The third-order valence-corrected chi connectivity index (χ3v) is 2.42. The SMILES string of the molecule is CNc1cnn(-c2cc(Cl)cc(Cl)c2)c1. The molecular weight excluding hydrogens is 233 g/mol. The van der Waals surface area contributed by atoms with Gasteiger partial charge in [-0.3, -0.25) is 0 Å². The van der Waals surface area contributed by atoms with Crippen molar-refractivity contribution in [1.29, 1.82) is 0 Å². The molecule has 0 saturated carbocycles. The molecule has 15 heavy (non-hydrogen) atoms. The minimum atomic E-state index is 0.596. The van der Waals surface area contributed by atoms with E-state index in [2.05, 4.69) is 10.4 Å². The van der Waals surface area contributed by atoms with Crippen LogP contribution in [0.3, 0.4) is 0 Å². The molecule has 1 N–H and O–H groups in total. The maximum absolute atomic E-state index is 5.90. The minimum absolute atomic E-state index is 0.596. The Morgan fingerprint density at radius 3 is 2.40 bits per heavy atom. The quantitative estimate of drug-likeness (QED) is 0.876. The molecule has 0 unspecified atom stereocenters. The third kappa shape index (κ3) is 2.25. The normalized spacial score (nSPS) is 10.3. The molecule has 1 aromatic heterocycles. The number of benzene rings is 1. The summed E-state index contributed by atoms with van der Waals surface area (Å²) in [5.41, 5.74) is 1.78. The lowest BCUT2D eigenvalue weighted by Gasteiger charge is -2.02. The van der Waals surface area contributed by atoms with E-state index in [1.54, 1.807) is 29.1 Å². The lowest BCUT2D eigenvalue weighted by Crippen LogP contribution is -1.94. The molecule has 0 saturated heterocycles. The number of halogens is 2. The van der Waals surface area contributed by atoms with Gasteiger partial charge in [0.15, 0.2) is 0 Å². The van der Waals surface area contributed by atoms with Gasteiger partial charge >= 0.3 is 0 Å². The minimum Gasteiger partial charge on any atom is -0.386 e. The molecule has 0 aliphatic rings. The number of hydrogen-bond acceptors (Lipinski definition) is 2. The average Bonchev–Trinajstić information content (AvgIpc) is 2.64. The summed E-state index contributed by atoms with van der Waals surface area (Å²) in [6.45, 7) is 0. The maximum atomic E-state index is 5.90. The molecule has 2 rings (SSSR count). The van der Waals surface area contributed by atoms with E-state index in [1.807, 2.05) is 13.2 Å². The van der Waals surface area contributed by atoms with Gasteiger partial charge in [0.05, 0.1) is 23.8 Å². The zero-order valence-corrected chi connectivity index (χ0v) is 9.55. The van der Waals surface area contributed by atoms with Gasteiger partial charge in [-0.05, 0) is 18.2 Å². The van der Waals surface area contributed by atoms with Gasteiger partial charge in [-0.1, -0.05) is 23.2 Å². The molecule has 2 aromatic rings. The first-order valence-corrected chi connectivity index (χ1v) is 5.13. The van der Waals surface area contributed by atoms with Gasteiger partial charge in [-0.15, -0.1) is 0 Å². The highest BCUT2D eigenvalue weighted by molar-refractivity contribution is 6.34. The number of anilines is 1. The van der Waals surface area contributed by atoms with E-state index in [0.717, 1.165) is 11.4 Å². The monoisotopic (exact) mass is 241 g/mol. The number of aromatic nitrogens is 2. The Morgan fingerprint density at radius 2 is 1.87 bits per heavy atom. The van der Waals surface area contributed by atoms with Gasteiger partial charge in [0.2, 0.25) is 0 Å². The fourth-order valence-corrected chi connectivity index (χ4v) is 1.78. The third-order valence-electron chi connectivity index (χ3n) is 1.98. The van der Waals surface area contributed by atoms with Crippen LogP contribution < -0.4 is 5.32 Å². The van der Waals surface area contributed by atoms with Crippen molar-refractivity contribution in [3.8, 4) is 5.69 Å². The molecule has 0 aliphatic heterocycles. The van der Waals surface area contributed by atoms with Gasteiger partial charge in [0, 0.05) is 17.1 Å². The molecule has 0 spiro atoms. The van der Waals surface area contributed by atoms with Crippen molar-refractivity contribution in [2.75, 3.05) is 12.4 Å². The molecule has 78 valence electrons. The topological polar surface area (TPSA) is 29.9 Å². The average molecular weight is 242 g/mol. The standard InChI is InChI=1S/C10H9Cl2N3/c1-13-9-5-14-15(6-9)10-3-7(11)2-8(12)4-10/h2-6,13H,1H3. The largest absolute Gasteiger partial charge is 0.386 e. The molecule has 0 aliphatic carbocycles. The van der Waals surface area contributed by atoms with Crippen molar-refractivity contribution in [3.05, 3.63) is 40.6 Å². The molecule has 1 heterocycles. The van der Waals surface area contributed by atoms with Gasteiger partial charge in [-0.25, -0.2) is 4.68 Å². The van der Waals surface area contributed by atoms with Crippen LogP contribution in [0.2, 0.25) is 10.0 Å². The van der Waals surface area contributed by atoms with Gasteiger partial charge in [-0.2, -0.15) is 5.10 Å². The lowest BCUT2D eigenvalue weighted by atomic mass is 10.3. The summed E-state index contributed by atoms with van der Waals surface area (Å²) in [5, 5.41) is 8.37. The van der Waals surface area contributed by atoms with E-state index in [9.17, 15) is 0 Å². The van der Waals surface area contributed by atoms with Crippen LogP contribution in [0.4, 0.5) is 5.69 Å². The Bertz CT molecular complexity index is 459. The first-order valence-electron chi connectivity index (χ1n) is 4.38. The van der Waals surface area contributed by atoms with E-state index < -0.39 is 0 Å². The molecule has 5 heteroatoms. The van der Waals surface area contributed by atoms with Crippen molar-refractivity contribution in [3.63, 3.8) is 0 Å². The molecular formula is C10H9Cl2N3. The van der Waals surface area contributed by atoms with E-state index in [1.165, 1.54) is 0 Å². The molecule has 0 atom stereocenters. The molecule has 0 bridgehead atoms. The van der Waals surface area contributed by atoms with Gasteiger partial charge in [0.1, 0.15) is 0 Å². The first-order chi connectivity index (χ1) is 7.19. The van der Waals surface area contributed by atoms with Crippen molar-refractivity contribution >= 4 is 28.9 Å². The van der Waals surface area contributed by atoms with Crippen LogP contribution in [0.5, 0.6) is 0 Å². The second-order valence-electron chi connectivity index (χ2n) is 3.05. The zero-order chi connectivity index (χ0) is 10.8. The highest BCUT2D eigenvalue weighted by Crippen LogP contribution is 2.22. The van der Waals surface area contributed by atoms with Crippen LogP contribution in [-0.2, 0) is 0 Å². The summed E-state index contributed by atoms with van der Waals surface area (Å²) in [6.07, 6.45) is 3.59. The molecule has 1 aromatic carbocycles. The fourth-order valence-electron chi connectivity index (χ4n) is 1.26. The summed E-state index contributed by atoms with van der Waals surface area (Å²) in [5.74, 6) is 0. The van der Waals surface area contributed by atoms with Crippen LogP contribution in [0.25, 0.3) is 5.69 Å². The van der Waals surface area contributed by atoms with Crippen LogP contribution in [0.1, 0.15) is 0 Å².